The highest BCUT2D eigenvalue weighted by atomic mass is 32.1. The van der Waals surface area contributed by atoms with Crippen LogP contribution in [0.15, 0.2) is 35.8 Å². The minimum atomic E-state index is -0.273. The summed E-state index contributed by atoms with van der Waals surface area (Å²) in [6, 6.07) is 6.59. The molecule has 4 rings (SSSR count). The number of nitrogens with zero attached hydrogens (tertiary/aromatic N) is 4. The molecule has 1 aliphatic rings. The van der Waals surface area contributed by atoms with Crippen LogP contribution < -0.4 is 0 Å². The Labute approximate surface area is 149 Å². The van der Waals surface area contributed by atoms with Gasteiger partial charge >= 0.3 is 0 Å². The summed E-state index contributed by atoms with van der Waals surface area (Å²) in [6.07, 6.45) is 1.85. The quantitative estimate of drug-likeness (QED) is 0.707. The van der Waals surface area contributed by atoms with E-state index in [1.54, 1.807) is 12.1 Å². The second kappa shape index (κ2) is 6.24. The summed E-state index contributed by atoms with van der Waals surface area (Å²) < 4.78 is 14.9. The van der Waals surface area contributed by atoms with Crippen LogP contribution in [0.25, 0.3) is 16.2 Å². The number of carbonyl (C=O) groups is 1. The Morgan fingerprint density at radius 3 is 2.76 bits per heavy atom. The molecule has 25 heavy (non-hydrogen) atoms. The molecule has 0 radical (unpaired) electrons. The molecule has 1 amide bonds. The molecule has 0 spiro atoms. The van der Waals surface area contributed by atoms with E-state index in [4.69, 9.17) is 0 Å². The molecule has 7 heteroatoms. The number of thiazole rings is 1. The number of benzene rings is 1. The van der Waals surface area contributed by atoms with Crippen molar-refractivity contribution in [2.24, 2.45) is 0 Å². The maximum atomic E-state index is 13.1. The summed E-state index contributed by atoms with van der Waals surface area (Å²) in [5.74, 6) is -0.237. The molecule has 1 fully saturated rings. The number of amides is 1. The van der Waals surface area contributed by atoms with Crippen molar-refractivity contribution in [3.05, 3.63) is 47.4 Å². The summed E-state index contributed by atoms with van der Waals surface area (Å²) in [5, 5.41) is 1.86. The first kappa shape index (κ1) is 16.2. The Bertz CT molecular complexity index is 917. The van der Waals surface area contributed by atoms with Crippen molar-refractivity contribution < 1.29 is 9.18 Å². The van der Waals surface area contributed by atoms with Crippen LogP contribution in [-0.4, -0.2) is 57.8 Å². The zero-order valence-electron chi connectivity index (χ0n) is 14.1. The fraction of sp³-hybridized carbons (Fsp3) is 0.333. The standard InChI is InChI=1S/C18H19FN4OS/c1-12-9-22(8-7-21(12)2)17(24)16-11-25-18-20-15(10-23(16)18)13-3-5-14(19)6-4-13/h3-6,10-12H,7-9H2,1-2H3/t12-/m0/s1. The third kappa shape index (κ3) is 2.94. The highest BCUT2D eigenvalue weighted by Gasteiger charge is 2.27. The highest BCUT2D eigenvalue weighted by Crippen LogP contribution is 2.25. The minimum absolute atomic E-state index is 0.0363. The lowest BCUT2D eigenvalue weighted by molar-refractivity contribution is 0.0566. The maximum absolute atomic E-state index is 13.1. The number of hydrogen-bond acceptors (Lipinski definition) is 4. The van der Waals surface area contributed by atoms with E-state index in [9.17, 15) is 9.18 Å². The molecule has 3 aromatic rings. The second-order valence-corrected chi connectivity index (χ2v) is 7.32. The van der Waals surface area contributed by atoms with Crippen LogP contribution in [0.2, 0.25) is 0 Å². The van der Waals surface area contributed by atoms with Crippen LogP contribution in [-0.2, 0) is 0 Å². The molecule has 3 heterocycles. The van der Waals surface area contributed by atoms with Crippen molar-refractivity contribution in [3.8, 4) is 11.3 Å². The summed E-state index contributed by atoms with van der Waals surface area (Å²) in [5.41, 5.74) is 2.22. The van der Waals surface area contributed by atoms with Crippen LogP contribution in [0, 0.1) is 5.82 Å². The largest absolute Gasteiger partial charge is 0.334 e. The Hall–Kier alpha value is -2.25. The Morgan fingerprint density at radius 1 is 1.28 bits per heavy atom. The molecule has 0 bridgehead atoms. The lowest BCUT2D eigenvalue weighted by atomic mass is 10.2. The van der Waals surface area contributed by atoms with E-state index in [0.717, 1.165) is 35.9 Å². The Kier molecular flexibility index (Phi) is 4.05. The molecule has 1 saturated heterocycles. The van der Waals surface area contributed by atoms with E-state index < -0.39 is 0 Å². The number of carbonyl (C=O) groups excluding carboxylic acids is 1. The van der Waals surface area contributed by atoms with Crippen molar-refractivity contribution in [3.63, 3.8) is 0 Å². The van der Waals surface area contributed by atoms with E-state index >= 15 is 0 Å². The van der Waals surface area contributed by atoms with Gasteiger partial charge in [-0.2, -0.15) is 0 Å². The van der Waals surface area contributed by atoms with Gasteiger partial charge in [-0.05, 0) is 38.2 Å². The number of fused-ring (bicyclic) bond motifs is 1. The van der Waals surface area contributed by atoms with Gasteiger partial charge in [-0.15, -0.1) is 11.3 Å². The van der Waals surface area contributed by atoms with Gasteiger partial charge in [0.1, 0.15) is 11.5 Å². The lowest BCUT2D eigenvalue weighted by Crippen LogP contribution is -2.52. The number of aromatic nitrogens is 2. The summed E-state index contributed by atoms with van der Waals surface area (Å²) in [7, 11) is 2.08. The number of likely N-dealkylation sites (N-methyl/N-ethyl adjacent to an activating group) is 1. The second-order valence-electron chi connectivity index (χ2n) is 6.49. The third-order valence-electron chi connectivity index (χ3n) is 4.82. The van der Waals surface area contributed by atoms with Gasteiger partial charge in [0.15, 0.2) is 4.96 Å². The zero-order valence-corrected chi connectivity index (χ0v) is 15.0. The van der Waals surface area contributed by atoms with E-state index in [1.165, 1.54) is 23.5 Å². The van der Waals surface area contributed by atoms with Crippen LogP contribution >= 0.6 is 11.3 Å². The highest BCUT2D eigenvalue weighted by molar-refractivity contribution is 7.15. The maximum Gasteiger partial charge on any atom is 0.271 e. The molecule has 0 aliphatic carbocycles. The molecule has 2 aromatic heterocycles. The first-order valence-electron chi connectivity index (χ1n) is 8.25. The summed E-state index contributed by atoms with van der Waals surface area (Å²) >= 11 is 1.45. The van der Waals surface area contributed by atoms with Gasteiger partial charge in [-0.25, -0.2) is 9.37 Å². The van der Waals surface area contributed by atoms with Gasteiger partial charge < -0.3 is 9.80 Å². The monoisotopic (exact) mass is 358 g/mol. The molecular formula is C18H19FN4OS. The minimum Gasteiger partial charge on any atom is -0.334 e. The van der Waals surface area contributed by atoms with E-state index in [1.807, 2.05) is 20.9 Å². The number of rotatable bonds is 2. The molecule has 0 saturated carbocycles. The molecule has 1 atom stereocenters. The van der Waals surface area contributed by atoms with E-state index in [2.05, 4.69) is 23.9 Å². The average Bonchev–Trinajstić information content (AvgIpc) is 3.18. The SMILES string of the molecule is C[C@H]1CN(C(=O)c2csc3nc(-c4ccc(F)cc4)cn23)CCN1C. The van der Waals surface area contributed by atoms with Crippen molar-refractivity contribution >= 4 is 22.2 Å². The van der Waals surface area contributed by atoms with E-state index in [0.29, 0.717) is 11.7 Å². The van der Waals surface area contributed by atoms with Crippen molar-refractivity contribution in [2.75, 3.05) is 26.7 Å². The zero-order chi connectivity index (χ0) is 17.6. The predicted molar refractivity (Wildman–Crippen MR) is 96.5 cm³/mol. The Balaban J connectivity index is 1.64. The number of hydrogen-bond donors (Lipinski definition) is 0. The van der Waals surface area contributed by atoms with Gasteiger partial charge in [-0.1, -0.05) is 0 Å². The Morgan fingerprint density at radius 2 is 2.04 bits per heavy atom. The van der Waals surface area contributed by atoms with Gasteiger partial charge in [0.05, 0.1) is 5.69 Å². The molecule has 130 valence electrons. The van der Waals surface area contributed by atoms with Crippen molar-refractivity contribution in [2.45, 2.75) is 13.0 Å². The lowest BCUT2D eigenvalue weighted by Gasteiger charge is -2.37. The van der Waals surface area contributed by atoms with Crippen LogP contribution in [0.3, 0.4) is 0 Å². The number of imidazole rings is 1. The van der Waals surface area contributed by atoms with Gasteiger partial charge in [0.2, 0.25) is 0 Å². The summed E-state index contributed by atoms with van der Waals surface area (Å²) in [4.78, 5) is 22.4. The summed E-state index contributed by atoms with van der Waals surface area (Å²) in [6.45, 7) is 4.47. The first-order valence-corrected chi connectivity index (χ1v) is 9.13. The normalized spacial score (nSPS) is 18.8. The molecule has 0 unspecified atom stereocenters. The van der Waals surface area contributed by atoms with Crippen LogP contribution in [0.4, 0.5) is 4.39 Å². The number of piperazine rings is 1. The smallest absolute Gasteiger partial charge is 0.271 e. The first-order chi connectivity index (χ1) is 12.0. The third-order valence-corrected chi connectivity index (χ3v) is 5.65. The molecule has 0 N–H and O–H groups in total. The fourth-order valence-corrected chi connectivity index (χ4v) is 3.94. The molecule has 5 nitrogen and oxygen atoms in total. The molecular weight excluding hydrogens is 339 g/mol. The number of halogens is 1. The van der Waals surface area contributed by atoms with E-state index in [-0.39, 0.29) is 11.7 Å². The fourth-order valence-electron chi connectivity index (χ4n) is 3.09. The topological polar surface area (TPSA) is 40.9 Å². The van der Waals surface area contributed by atoms with Crippen LogP contribution in [0.5, 0.6) is 0 Å². The van der Waals surface area contributed by atoms with Gasteiger partial charge in [-0.3, -0.25) is 9.20 Å². The van der Waals surface area contributed by atoms with Gasteiger partial charge in [0, 0.05) is 42.8 Å². The van der Waals surface area contributed by atoms with Crippen molar-refractivity contribution in [1.82, 2.24) is 19.2 Å². The predicted octanol–water partition coefficient (Wildman–Crippen LogP) is 2.98. The van der Waals surface area contributed by atoms with Crippen molar-refractivity contribution in [1.29, 1.82) is 0 Å². The van der Waals surface area contributed by atoms with Crippen LogP contribution in [0.1, 0.15) is 17.4 Å². The van der Waals surface area contributed by atoms with Gasteiger partial charge in [0.25, 0.3) is 5.91 Å². The molecule has 1 aliphatic heterocycles. The average molecular weight is 358 g/mol. The molecule has 1 aromatic carbocycles.